The second-order valence-corrected chi connectivity index (χ2v) is 4.50. The highest BCUT2D eigenvalue weighted by molar-refractivity contribution is 9.10. The summed E-state index contributed by atoms with van der Waals surface area (Å²) < 4.78 is 2.77. The highest BCUT2D eigenvalue weighted by atomic mass is 79.9. The Hall–Kier alpha value is -1.49. The summed E-state index contributed by atoms with van der Waals surface area (Å²) in [4.78, 5) is 0. The Morgan fingerprint density at radius 2 is 2.06 bits per heavy atom. The van der Waals surface area contributed by atoms with Gasteiger partial charge in [-0.1, -0.05) is 28.1 Å². The Labute approximate surface area is 103 Å². The van der Waals surface area contributed by atoms with Crippen molar-refractivity contribution in [2.45, 2.75) is 6.54 Å². The third kappa shape index (κ3) is 2.55. The molecule has 0 fully saturated rings. The summed E-state index contributed by atoms with van der Waals surface area (Å²) in [6, 6.07) is 8.13. The quantitative estimate of drug-likeness (QED) is 0.908. The number of anilines is 2. The summed E-state index contributed by atoms with van der Waals surface area (Å²) >= 11 is 3.40. The van der Waals surface area contributed by atoms with Crippen LogP contribution in [0, 0.1) is 0 Å². The predicted octanol–water partition coefficient (Wildman–Crippen LogP) is 2.38. The lowest BCUT2D eigenvalue weighted by Gasteiger charge is -2.04. The van der Waals surface area contributed by atoms with Crippen molar-refractivity contribution in [3.05, 3.63) is 40.5 Å². The second kappa shape index (κ2) is 4.57. The number of nitrogens with two attached hydrogens (primary N) is 1. The first-order valence-electron chi connectivity index (χ1n) is 4.92. The second-order valence-electron chi connectivity index (χ2n) is 3.59. The minimum absolute atomic E-state index is 0.666. The van der Waals surface area contributed by atoms with Crippen LogP contribution in [0.3, 0.4) is 0 Å². The molecule has 1 aromatic heterocycles. The molecule has 1 heterocycles. The number of nitrogen functional groups attached to an aromatic ring is 1. The lowest BCUT2D eigenvalue weighted by atomic mass is 10.2. The van der Waals surface area contributed by atoms with Crippen LogP contribution in [0.5, 0.6) is 0 Å². The first kappa shape index (κ1) is 11.0. The van der Waals surface area contributed by atoms with Gasteiger partial charge in [0.05, 0.1) is 5.69 Å². The van der Waals surface area contributed by atoms with Gasteiger partial charge in [-0.15, -0.1) is 0 Å². The first-order chi connectivity index (χ1) is 7.65. The third-order valence-electron chi connectivity index (χ3n) is 2.23. The molecule has 0 spiro atoms. The van der Waals surface area contributed by atoms with E-state index in [2.05, 4.69) is 38.5 Å². The minimum Gasteiger partial charge on any atom is -0.394 e. The van der Waals surface area contributed by atoms with Gasteiger partial charge in [0, 0.05) is 24.3 Å². The zero-order valence-electron chi connectivity index (χ0n) is 8.94. The molecular formula is C11H13BrN4. The van der Waals surface area contributed by atoms with Crippen LogP contribution in [0.4, 0.5) is 11.5 Å². The molecule has 84 valence electrons. The van der Waals surface area contributed by atoms with E-state index in [-0.39, 0.29) is 0 Å². The molecule has 0 radical (unpaired) electrons. The Morgan fingerprint density at radius 3 is 2.62 bits per heavy atom. The van der Waals surface area contributed by atoms with Crippen molar-refractivity contribution >= 4 is 27.4 Å². The predicted molar refractivity (Wildman–Crippen MR) is 69.1 cm³/mol. The molecule has 16 heavy (non-hydrogen) atoms. The number of aromatic nitrogens is 2. The Balaban J connectivity index is 2.02. The fraction of sp³-hybridized carbons (Fsp3) is 0.182. The van der Waals surface area contributed by atoms with E-state index < -0.39 is 0 Å². The minimum atomic E-state index is 0.666. The summed E-state index contributed by atoms with van der Waals surface area (Å²) in [5, 5.41) is 7.41. The van der Waals surface area contributed by atoms with Crippen molar-refractivity contribution in [2.75, 3.05) is 11.1 Å². The van der Waals surface area contributed by atoms with Gasteiger partial charge >= 0.3 is 0 Å². The standard InChI is InChI=1S/C11H13BrN4/c1-16-7-10(13)11(15-16)14-6-8-2-4-9(12)5-3-8/h2-5,7H,6,13H2,1H3,(H,14,15). The van der Waals surface area contributed by atoms with Gasteiger partial charge in [-0.25, -0.2) is 0 Å². The first-order valence-corrected chi connectivity index (χ1v) is 5.72. The molecule has 4 nitrogen and oxygen atoms in total. The van der Waals surface area contributed by atoms with Gasteiger partial charge in [-0.2, -0.15) is 5.10 Å². The number of benzene rings is 1. The van der Waals surface area contributed by atoms with Gasteiger partial charge in [0.25, 0.3) is 0 Å². The maximum atomic E-state index is 5.78. The molecule has 2 rings (SSSR count). The van der Waals surface area contributed by atoms with E-state index in [4.69, 9.17) is 5.73 Å². The number of halogens is 1. The zero-order chi connectivity index (χ0) is 11.5. The van der Waals surface area contributed by atoms with Crippen molar-refractivity contribution in [2.24, 2.45) is 7.05 Å². The average molecular weight is 281 g/mol. The summed E-state index contributed by atoms with van der Waals surface area (Å²) in [7, 11) is 1.85. The van der Waals surface area contributed by atoms with E-state index in [1.165, 1.54) is 5.56 Å². The Kier molecular flexibility index (Phi) is 3.14. The lowest BCUT2D eigenvalue weighted by molar-refractivity contribution is 0.768. The van der Waals surface area contributed by atoms with E-state index in [9.17, 15) is 0 Å². The summed E-state index contributed by atoms with van der Waals surface area (Å²) in [6.45, 7) is 0.717. The molecule has 0 bridgehead atoms. The molecule has 0 aliphatic rings. The van der Waals surface area contributed by atoms with Crippen molar-refractivity contribution in [3.8, 4) is 0 Å². The maximum Gasteiger partial charge on any atom is 0.171 e. The molecule has 0 unspecified atom stereocenters. The Bertz CT molecular complexity index is 475. The number of rotatable bonds is 3. The largest absolute Gasteiger partial charge is 0.394 e. The van der Waals surface area contributed by atoms with Gasteiger partial charge in [0.2, 0.25) is 0 Å². The van der Waals surface area contributed by atoms with Gasteiger partial charge in [-0.05, 0) is 17.7 Å². The van der Waals surface area contributed by atoms with Gasteiger partial charge in [-0.3, -0.25) is 4.68 Å². The fourth-order valence-corrected chi connectivity index (χ4v) is 1.70. The zero-order valence-corrected chi connectivity index (χ0v) is 10.5. The van der Waals surface area contributed by atoms with Gasteiger partial charge in [0.15, 0.2) is 5.82 Å². The van der Waals surface area contributed by atoms with Crippen molar-refractivity contribution in [1.82, 2.24) is 9.78 Å². The molecule has 0 amide bonds. The molecule has 2 aromatic rings. The van der Waals surface area contributed by atoms with Crippen molar-refractivity contribution in [1.29, 1.82) is 0 Å². The van der Waals surface area contributed by atoms with Gasteiger partial charge < -0.3 is 11.1 Å². The SMILES string of the molecule is Cn1cc(N)c(NCc2ccc(Br)cc2)n1. The molecule has 1 aromatic carbocycles. The van der Waals surface area contributed by atoms with Gasteiger partial charge in [0.1, 0.15) is 0 Å². The van der Waals surface area contributed by atoms with E-state index in [1.54, 1.807) is 10.9 Å². The summed E-state index contributed by atoms with van der Waals surface area (Å²) in [5.41, 5.74) is 7.63. The van der Waals surface area contributed by atoms with E-state index in [0.29, 0.717) is 12.2 Å². The van der Waals surface area contributed by atoms with Crippen LogP contribution in [-0.4, -0.2) is 9.78 Å². The van der Waals surface area contributed by atoms with Crippen LogP contribution in [0.15, 0.2) is 34.9 Å². The van der Waals surface area contributed by atoms with Crippen molar-refractivity contribution < 1.29 is 0 Å². The van der Waals surface area contributed by atoms with Crippen LogP contribution < -0.4 is 11.1 Å². The van der Waals surface area contributed by atoms with Crippen LogP contribution in [-0.2, 0) is 13.6 Å². The number of hydrogen-bond donors (Lipinski definition) is 2. The highest BCUT2D eigenvalue weighted by Gasteiger charge is 2.02. The van der Waals surface area contributed by atoms with Crippen LogP contribution in [0.1, 0.15) is 5.56 Å². The summed E-state index contributed by atoms with van der Waals surface area (Å²) in [6.07, 6.45) is 1.78. The van der Waals surface area contributed by atoms with Crippen LogP contribution in [0.25, 0.3) is 0 Å². The molecule has 0 saturated heterocycles. The number of nitrogens with one attached hydrogen (secondary N) is 1. The molecule has 3 N–H and O–H groups in total. The average Bonchev–Trinajstić information content (AvgIpc) is 2.57. The highest BCUT2D eigenvalue weighted by Crippen LogP contribution is 2.16. The van der Waals surface area contributed by atoms with E-state index in [1.807, 2.05) is 19.2 Å². The maximum absolute atomic E-state index is 5.78. The van der Waals surface area contributed by atoms with Crippen LogP contribution >= 0.6 is 15.9 Å². The molecule has 0 aliphatic carbocycles. The molecule has 0 atom stereocenters. The van der Waals surface area contributed by atoms with Crippen molar-refractivity contribution in [3.63, 3.8) is 0 Å². The molecule has 5 heteroatoms. The monoisotopic (exact) mass is 280 g/mol. The fourth-order valence-electron chi connectivity index (χ4n) is 1.43. The van der Waals surface area contributed by atoms with E-state index in [0.717, 1.165) is 10.3 Å². The smallest absolute Gasteiger partial charge is 0.171 e. The molecule has 0 aliphatic heterocycles. The molecular weight excluding hydrogens is 268 g/mol. The third-order valence-corrected chi connectivity index (χ3v) is 2.76. The topological polar surface area (TPSA) is 55.9 Å². The summed E-state index contributed by atoms with van der Waals surface area (Å²) in [5.74, 6) is 0.727. The number of hydrogen-bond acceptors (Lipinski definition) is 3. The van der Waals surface area contributed by atoms with Crippen LogP contribution in [0.2, 0.25) is 0 Å². The molecule has 0 saturated carbocycles. The lowest BCUT2D eigenvalue weighted by Crippen LogP contribution is -2.02. The Morgan fingerprint density at radius 1 is 1.38 bits per heavy atom. The van der Waals surface area contributed by atoms with E-state index >= 15 is 0 Å². The number of aryl methyl sites for hydroxylation is 1. The number of nitrogens with zero attached hydrogens (tertiary/aromatic N) is 2. The normalized spacial score (nSPS) is 10.4.